The van der Waals surface area contributed by atoms with Crippen LogP contribution in [0.15, 0.2) is 24.3 Å². The van der Waals surface area contributed by atoms with Gasteiger partial charge in [-0.25, -0.2) is 4.39 Å². The zero-order chi connectivity index (χ0) is 11.3. The molecule has 0 saturated heterocycles. The van der Waals surface area contributed by atoms with E-state index in [4.69, 9.17) is 0 Å². The van der Waals surface area contributed by atoms with E-state index >= 15 is 0 Å². The molecule has 1 unspecified atom stereocenters. The minimum absolute atomic E-state index is 0.179. The van der Waals surface area contributed by atoms with E-state index in [0.29, 0.717) is 6.04 Å². The molecule has 1 atom stereocenters. The summed E-state index contributed by atoms with van der Waals surface area (Å²) >= 11 is 0. The van der Waals surface area contributed by atoms with Gasteiger partial charge in [-0.2, -0.15) is 0 Å². The smallest absolute Gasteiger partial charge is 0.123 e. The van der Waals surface area contributed by atoms with E-state index in [2.05, 4.69) is 24.3 Å². The molecule has 0 aliphatic carbocycles. The lowest BCUT2D eigenvalue weighted by atomic mass is 10.0. The Morgan fingerprint density at radius 3 is 2.33 bits per heavy atom. The molecule has 0 aliphatic heterocycles. The maximum Gasteiger partial charge on any atom is 0.123 e. The summed E-state index contributed by atoms with van der Waals surface area (Å²) in [6, 6.07) is 7.00. The molecule has 1 aromatic carbocycles. The number of benzene rings is 1. The second kappa shape index (κ2) is 5.83. The fourth-order valence-electron chi connectivity index (χ4n) is 1.56. The molecule has 1 rings (SSSR count). The van der Waals surface area contributed by atoms with Crippen molar-refractivity contribution < 1.29 is 4.39 Å². The van der Waals surface area contributed by atoms with Crippen molar-refractivity contribution in [2.75, 3.05) is 27.7 Å². The first-order valence-electron chi connectivity index (χ1n) is 5.21. The highest BCUT2D eigenvalue weighted by Gasteiger charge is 2.08. The van der Waals surface area contributed by atoms with Gasteiger partial charge in [0, 0.05) is 6.04 Å². The average Bonchev–Trinajstić information content (AvgIpc) is 2.21. The summed E-state index contributed by atoms with van der Waals surface area (Å²) in [5.41, 5.74) is 1.14. The number of rotatable bonds is 5. The monoisotopic (exact) mass is 210 g/mol. The van der Waals surface area contributed by atoms with E-state index < -0.39 is 0 Å². The van der Waals surface area contributed by atoms with Crippen LogP contribution in [0.4, 0.5) is 4.39 Å². The first-order chi connectivity index (χ1) is 7.13. The summed E-state index contributed by atoms with van der Waals surface area (Å²) in [6.07, 6.45) is 1.02. The second-order valence-electron chi connectivity index (χ2n) is 3.98. The number of nitrogens with one attached hydrogen (secondary N) is 1. The fraction of sp³-hybridized carbons (Fsp3) is 0.500. The average molecular weight is 210 g/mol. The first kappa shape index (κ1) is 12.1. The fourth-order valence-corrected chi connectivity index (χ4v) is 1.56. The van der Waals surface area contributed by atoms with E-state index in [1.807, 2.05) is 19.2 Å². The van der Waals surface area contributed by atoms with Gasteiger partial charge < -0.3 is 10.2 Å². The molecule has 84 valence electrons. The lowest BCUT2D eigenvalue weighted by Crippen LogP contribution is -2.22. The van der Waals surface area contributed by atoms with E-state index in [0.717, 1.165) is 18.5 Å². The van der Waals surface area contributed by atoms with Gasteiger partial charge in [0.05, 0.1) is 0 Å². The minimum Gasteiger partial charge on any atom is -0.313 e. The predicted molar refractivity (Wildman–Crippen MR) is 61.4 cm³/mol. The van der Waals surface area contributed by atoms with E-state index in [1.54, 1.807) is 0 Å². The molecule has 3 heteroatoms. The Morgan fingerprint density at radius 1 is 1.27 bits per heavy atom. The highest BCUT2D eigenvalue weighted by molar-refractivity contribution is 5.19. The van der Waals surface area contributed by atoms with Crippen LogP contribution in [0.1, 0.15) is 18.0 Å². The van der Waals surface area contributed by atoms with Gasteiger partial charge in [0.1, 0.15) is 5.82 Å². The maximum absolute atomic E-state index is 12.7. The van der Waals surface area contributed by atoms with E-state index in [9.17, 15) is 4.39 Å². The van der Waals surface area contributed by atoms with Gasteiger partial charge >= 0.3 is 0 Å². The van der Waals surface area contributed by atoms with Crippen LogP contribution in [0, 0.1) is 5.82 Å². The molecule has 0 heterocycles. The van der Waals surface area contributed by atoms with Crippen LogP contribution in [-0.4, -0.2) is 32.6 Å². The summed E-state index contributed by atoms with van der Waals surface area (Å²) in [5.74, 6) is -0.179. The van der Waals surface area contributed by atoms with Gasteiger partial charge in [-0.05, 0) is 51.8 Å². The van der Waals surface area contributed by atoms with Crippen LogP contribution < -0.4 is 5.32 Å². The van der Waals surface area contributed by atoms with Gasteiger partial charge in [-0.1, -0.05) is 12.1 Å². The summed E-state index contributed by atoms with van der Waals surface area (Å²) < 4.78 is 12.7. The number of hydrogen-bond acceptors (Lipinski definition) is 2. The molecule has 0 aliphatic rings. The van der Waals surface area contributed by atoms with Crippen LogP contribution in [0.25, 0.3) is 0 Å². The second-order valence-corrected chi connectivity index (χ2v) is 3.98. The first-order valence-corrected chi connectivity index (χ1v) is 5.21. The van der Waals surface area contributed by atoms with Gasteiger partial charge in [0.2, 0.25) is 0 Å². The predicted octanol–water partition coefficient (Wildman–Crippen LogP) is 2.04. The van der Waals surface area contributed by atoms with Crippen LogP contribution in [0.3, 0.4) is 0 Å². The van der Waals surface area contributed by atoms with Gasteiger partial charge in [-0.15, -0.1) is 0 Å². The molecular weight excluding hydrogens is 191 g/mol. The molecule has 0 aromatic heterocycles. The van der Waals surface area contributed by atoms with E-state index in [1.165, 1.54) is 12.1 Å². The quantitative estimate of drug-likeness (QED) is 0.800. The third-order valence-corrected chi connectivity index (χ3v) is 2.49. The highest BCUT2D eigenvalue weighted by atomic mass is 19.1. The van der Waals surface area contributed by atoms with Crippen LogP contribution in [-0.2, 0) is 0 Å². The Morgan fingerprint density at radius 2 is 1.87 bits per heavy atom. The molecule has 1 aromatic rings. The van der Waals surface area contributed by atoms with Gasteiger partial charge in [0.25, 0.3) is 0 Å². The SMILES string of the molecule is CNC(CCN(C)C)c1ccc(F)cc1. The summed E-state index contributed by atoms with van der Waals surface area (Å²) in [7, 11) is 6.04. The molecule has 0 spiro atoms. The zero-order valence-corrected chi connectivity index (χ0v) is 9.63. The Balaban J connectivity index is 2.61. The standard InChI is InChI=1S/C12H19FN2/c1-14-12(8-9-15(2)3)10-4-6-11(13)7-5-10/h4-7,12,14H,8-9H2,1-3H3. The molecule has 15 heavy (non-hydrogen) atoms. The van der Waals surface area contributed by atoms with Crippen molar-refractivity contribution in [3.05, 3.63) is 35.6 Å². The van der Waals surface area contributed by atoms with Gasteiger partial charge in [0.15, 0.2) is 0 Å². The highest BCUT2D eigenvalue weighted by Crippen LogP contribution is 2.16. The molecule has 1 N–H and O–H groups in total. The molecule has 0 fully saturated rings. The number of hydrogen-bond donors (Lipinski definition) is 1. The maximum atomic E-state index is 12.7. The molecule has 0 radical (unpaired) electrons. The Kier molecular flexibility index (Phi) is 4.72. The topological polar surface area (TPSA) is 15.3 Å². The molecule has 2 nitrogen and oxygen atoms in total. The third-order valence-electron chi connectivity index (χ3n) is 2.49. The van der Waals surface area contributed by atoms with Crippen LogP contribution in [0.2, 0.25) is 0 Å². The summed E-state index contributed by atoms with van der Waals surface area (Å²) in [4.78, 5) is 2.15. The van der Waals surface area contributed by atoms with Crippen molar-refractivity contribution in [3.63, 3.8) is 0 Å². The number of halogens is 1. The largest absolute Gasteiger partial charge is 0.313 e. The van der Waals surface area contributed by atoms with Crippen molar-refractivity contribution in [2.45, 2.75) is 12.5 Å². The lowest BCUT2D eigenvalue weighted by Gasteiger charge is -2.19. The zero-order valence-electron chi connectivity index (χ0n) is 9.63. The van der Waals surface area contributed by atoms with Crippen molar-refractivity contribution in [1.29, 1.82) is 0 Å². The summed E-state index contributed by atoms with van der Waals surface area (Å²) in [5, 5.41) is 3.24. The number of nitrogens with zero attached hydrogens (tertiary/aromatic N) is 1. The van der Waals surface area contributed by atoms with Crippen molar-refractivity contribution in [1.82, 2.24) is 10.2 Å². The Hall–Kier alpha value is -0.930. The normalized spacial score (nSPS) is 13.1. The summed E-state index contributed by atoms with van der Waals surface area (Å²) in [6.45, 7) is 1.02. The van der Waals surface area contributed by atoms with Crippen molar-refractivity contribution in [2.24, 2.45) is 0 Å². The van der Waals surface area contributed by atoms with Crippen molar-refractivity contribution >= 4 is 0 Å². The van der Waals surface area contributed by atoms with Gasteiger partial charge in [-0.3, -0.25) is 0 Å². The third kappa shape index (κ3) is 3.98. The van der Waals surface area contributed by atoms with Crippen molar-refractivity contribution in [3.8, 4) is 0 Å². The van der Waals surface area contributed by atoms with E-state index in [-0.39, 0.29) is 5.82 Å². The molecule has 0 saturated carbocycles. The Labute approximate surface area is 91.1 Å². The Bertz CT molecular complexity index is 282. The lowest BCUT2D eigenvalue weighted by molar-refractivity contribution is 0.368. The molecule has 0 amide bonds. The van der Waals surface area contributed by atoms with Crippen LogP contribution >= 0.6 is 0 Å². The van der Waals surface area contributed by atoms with Crippen LogP contribution in [0.5, 0.6) is 0 Å². The molecule has 0 bridgehead atoms. The minimum atomic E-state index is -0.179. The molecular formula is C12H19FN2.